The van der Waals surface area contributed by atoms with Crippen molar-refractivity contribution in [1.82, 2.24) is 15.3 Å². The number of halogens is 3. The minimum absolute atomic E-state index is 0. The maximum atomic E-state index is 12.6. The van der Waals surface area contributed by atoms with Gasteiger partial charge >= 0.3 is 24.8 Å². The Bertz CT molecular complexity index is 1380. The molecular formula is C23H21Cl3LiN5O4S. The number of aromatic carboxylic acids is 1. The molecular weight excluding hydrogens is 556 g/mol. The van der Waals surface area contributed by atoms with Crippen molar-refractivity contribution in [2.45, 2.75) is 19.4 Å². The van der Waals surface area contributed by atoms with Gasteiger partial charge in [-0.3, -0.25) is 9.59 Å². The average Bonchev–Trinajstić information content (AvgIpc) is 3.18. The number of carbonyl (C=O) groups is 3. The minimum atomic E-state index is -1.13. The Morgan fingerprint density at radius 3 is 2.49 bits per heavy atom. The predicted octanol–water partition coefficient (Wildman–Crippen LogP) is 3.84. The number of aryl methyl sites for hydroxylation is 1. The number of nitrogens with one attached hydrogen (secondary N) is 3. The Balaban J connectivity index is 0.00000320. The predicted molar refractivity (Wildman–Crippen MR) is 146 cm³/mol. The molecule has 1 aliphatic heterocycles. The van der Waals surface area contributed by atoms with E-state index in [1.807, 2.05) is 4.90 Å². The molecule has 1 aromatic carbocycles. The molecule has 1 saturated heterocycles. The van der Waals surface area contributed by atoms with Gasteiger partial charge in [-0.15, -0.1) is 0 Å². The second-order valence-corrected chi connectivity index (χ2v) is 11.0. The number of fused-ring (bicyclic) bond motifs is 1. The number of H-pyrrole nitrogens is 1. The fourth-order valence-electron chi connectivity index (χ4n) is 4.53. The fourth-order valence-corrected chi connectivity index (χ4v) is 6.08. The van der Waals surface area contributed by atoms with Gasteiger partial charge in [-0.1, -0.05) is 52.2 Å². The Hall–Kier alpha value is -2.19. The molecule has 2 aromatic heterocycles. The van der Waals surface area contributed by atoms with Gasteiger partial charge < -0.3 is 25.6 Å². The zero-order chi connectivity index (χ0) is 25.7. The molecule has 0 bridgehead atoms. The van der Waals surface area contributed by atoms with Crippen LogP contribution in [0.5, 0.6) is 0 Å². The monoisotopic (exact) mass is 575 g/mol. The number of benzene rings is 1. The Morgan fingerprint density at radius 2 is 1.89 bits per heavy atom. The number of thiazole rings is 1. The van der Waals surface area contributed by atoms with Gasteiger partial charge in [0.1, 0.15) is 10.6 Å². The van der Waals surface area contributed by atoms with E-state index in [1.54, 1.807) is 31.2 Å². The van der Waals surface area contributed by atoms with Crippen LogP contribution in [0.2, 0.25) is 15.1 Å². The van der Waals surface area contributed by atoms with Crippen molar-refractivity contribution >= 4 is 93.6 Å². The van der Waals surface area contributed by atoms with E-state index < -0.39 is 5.97 Å². The summed E-state index contributed by atoms with van der Waals surface area (Å²) >= 11 is 19.2. The number of carboxylic acid groups (broad SMARTS) is 1. The van der Waals surface area contributed by atoms with Crippen molar-refractivity contribution in [1.29, 1.82) is 0 Å². The third-order valence-electron chi connectivity index (χ3n) is 6.36. The molecule has 37 heavy (non-hydrogen) atoms. The number of carboxylic acids is 1. The molecule has 2 amide bonds. The van der Waals surface area contributed by atoms with E-state index in [0.717, 1.165) is 11.3 Å². The van der Waals surface area contributed by atoms with Crippen LogP contribution in [0.3, 0.4) is 0 Å². The molecule has 3 aromatic rings. The van der Waals surface area contributed by atoms with Gasteiger partial charge in [-0.2, -0.15) is 0 Å². The molecule has 5 rings (SSSR count). The number of aromatic nitrogens is 2. The second kappa shape index (κ2) is 10.9. The van der Waals surface area contributed by atoms with Crippen molar-refractivity contribution in [3.63, 3.8) is 0 Å². The fraction of sp³-hybridized carbons (Fsp3) is 0.304. The molecule has 1 saturated carbocycles. The van der Waals surface area contributed by atoms with E-state index in [1.165, 1.54) is 0 Å². The number of anilines is 2. The first-order valence-corrected chi connectivity index (χ1v) is 12.9. The normalized spacial score (nSPS) is 19.7. The van der Waals surface area contributed by atoms with Crippen LogP contribution < -0.4 is 15.5 Å². The number of nitrogens with zero attached hydrogens (tertiary/aromatic N) is 2. The van der Waals surface area contributed by atoms with Crippen LogP contribution in [0.4, 0.5) is 10.8 Å². The van der Waals surface area contributed by atoms with Crippen LogP contribution >= 0.6 is 46.1 Å². The first-order chi connectivity index (χ1) is 17.1. The van der Waals surface area contributed by atoms with Gasteiger partial charge in [0.25, 0.3) is 5.91 Å². The first-order valence-electron chi connectivity index (χ1n) is 11.0. The summed E-state index contributed by atoms with van der Waals surface area (Å²) in [6.45, 7) is 2.98. The third-order valence-corrected chi connectivity index (χ3v) is 8.69. The summed E-state index contributed by atoms with van der Waals surface area (Å²) in [4.78, 5) is 46.3. The van der Waals surface area contributed by atoms with Crippen LogP contribution in [-0.2, 0) is 11.2 Å². The summed E-state index contributed by atoms with van der Waals surface area (Å²) in [5.74, 6) is -1.40. The van der Waals surface area contributed by atoms with Crippen molar-refractivity contribution in [2.75, 3.05) is 23.3 Å². The van der Waals surface area contributed by atoms with Crippen molar-refractivity contribution in [3.8, 4) is 0 Å². The van der Waals surface area contributed by atoms with E-state index in [9.17, 15) is 19.5 Å². The molecule has 190 valence electrons. The van der Waals surface area contributed by atoms with E-state index in [-0.39, 0.29) is 76.3 Å². The molecule has 14 heteroatoms. The Morgan fingerprint density at radius 1 is 1.19 bits per heavy atom. The van der Waals surface area contributed by atoms with Crippen LogP contribution in [0, 0.1) is 18.8 Å². The summed E-state index contributed by atoms with van der Waals surface area (Å²) in [6, 6.07) is 6.69. The van der Waals surface area contributed by atoms with Gasteiger partial charge in [0.05, 0.1) is 22.2 Å². The second-order valence-electron chi connectivity index (χ2n) is 8.80. The molecule has 0 spiro atoms. The zero-order valence-electron chi connectivity index (χ0n) is 18.8. The number of rotatable bonds is 7. The summed E-state index contributed by atoms with van der Waals surface area (Å²) in [7, 11) is 0. The standard InChI is InChI=1S/C23H20Cl3N5O4S.Li.H/c1-9-16(25)17(26)19(27-9)21(33)30-18-12-7-31(8-13(12)18)23-29-14(20(36-23)22(34)35)6-15(32)28-11-4-2-3-10(24)5-11;;/h2-5,12-13,18,27H,6-8H2,1H3,(H,28,32)(H,30,33)(H,34,35);;/t12-,13+,18+;;. The number of aromatic amines is 1. The number of amides is 2. The topological polar surface area (TPSA) is 127 Å². The summed E-state index contributed by atoms with van der Waals surface area (Å²) in [6.07, 6.45) is -0.178. The summed E-state index contributed by atoms with van der Waals surface area (Å²) in [5.41, 5.74) is 1.60. The molecule has 0 radical (unpaired) electrons. The SMILES string of the molecule is Cc1[nH]c(C(=O)N[C@H]2[C@@H]3CN(c4nc(CC(=O)Nc5cccc(Cl)c5)c(C(=O)O)s4)C[C@@H]32)c(Cl)c1Cl.[LiH]. The summed E-state index contributed by atoms with van der Waals surface area (Å²) < 4.78 is 0. The third kappa shape index (κ3) is 5.65. The average molecular weight is 577 g/mol. The van der Waals surface area contributed by atoms with E-state index in [2.05, 4.69) is 20.6 Å². The van der Waals surface area contributed by atoms with Gasteiger partial charge in [-0.05, 0) is 25.1 Å². The van der Waals surface area contributed by atoms with Crippen molar-refractivity contribution in [3.05, 3.63) is 61.3 Å². The van der Waals surface area contributed by atoms with E-state index >= 15 is 0 Å². The molecule has 3 heterocycles. The molecule has 2 fully saturated rings. The number of hydrogen-bond acceptors (Lipinski definition) is 6. The quantitative estimate of drug-likeness (QED) is 0.317. The summed E-state index contributed by atoms with van der Waals surface area (Å²) in [5, 5.41) is 16.9. The molecule has 0 unspecified atom stereocenters. The maximum absolute atomic E-state index is 12.6. The van der Waals surface area contributed by atoms with Gasteiger partial charge in [0.2, 0.25) is 5.91 Å². The van der Waals surface area contributed by atoms with E-state index in [4.69, 9.17) is 34.8 Å². The van der Waals surface area contributed by atoms with Crippen molar-refractivity contribution in [2.24, 2.45) is 11.8 Å². The van der Waals surface area contributed by atoms with Crippen LogP contribution in [0.15, 0.2) is 24.3 Å². The zero-order valence-corrected chi connectivity index (χ0v) is 21.9. The van der Waals surface area contributed by atoms with Crippen LogP contribution in [0.1, 0.15) is 31.5 Å². The van der Waals surface area contributed by atoms with E-state index in [0.29, 0.717) is 39.6 Å². The molecule has 4 N–H and O–H groups in total. The van der Waals surface area contributed by atoms with Crippen LogP contribution in [-0.4, -0.2) is 70.9 Å². The first kappa shape index (κ1) is 27.8. The molecule has 3 atom stereocenters. The Kier molecular flexibility index (Phi) is 8.19. The number of piperidine rings is 1. The Labute approximate surface area is 243 Å². The molecule has 1 aliphatic carbocycles. The number of carbonyl (C=O) groups excluding carboxylic acids is 2. The van der Waals surface area contributed by atoms with Gasteiger partial charge in [0, 0.05) is 47.4 Å². The van der Waals surface area contributed by atoms with Gasteiger partial charge in [-0.25, -0.2) is 9.78 Å². The van der Waals surface area contributed by atoms with Crippen molar-refractivity contribution < 1.29 is 19.5 Å². The van der Waals surface area contributed by atoms with Crippen LogP contribution in [0.25, 0.3) is 0 Å². The molecule has 2 aliphatic rings. The molecule has 9 nitrogen and oxygen atoms in total. The number of hydrogen-bond donors (Lipinski definition) is 4. The van der Waals surface area contributed by atoms with Gasteiger partial charge in [0.15, 0.2) is 5.13 Å².